The Balaban J connectivity index is 2.33. The normalized spacial score (nSPS) is 12.2. The number of nitrogens with one attached hydrogen (secondary N) is 4. The minimum atomic E-state index is -0.427. The minimum Gasteiger partial charge on any atom is -0.365 e. The van der Waals surface area contributed by atoms with Crippen LogP contribution in [0, 0.1) is 12.3 Å². The molecule has 1 unspecified atom stereocenters. The number of H-pyrrole nitrogens is 1. The Morgan fingerprint density at radius 1 is 1.62 bits per heavy atom. The summed E-state index contributed by atoms with van der Waals surface area (Å²) in [4.78, 5) is 4.76. The van der Waals surface area contributed by atoms with Gasteiger partial charge in [-0.1, -0.05) is 0 Å². The van der Waals surface area contributed by atoms with Crippen LogP contribution in [0.4, 0.5) is 0 Å². The Morgan fingerprint density at radius 3 is 2.81 bits per heavy atom. The van der Waals surface area contributed by atoms with Crippen LogP contribution in [-0.4, -0.2) is 36.2 Å². The van der Waals surface area contributed by atoms with Crippen molar-refractivity contribution < 1.29 is 0 Å². The van der Waals surface area contributed by atoms with Gasteiger partial charge in [-0.25, -0.2) is 0 Å². The summed E-state index contributed by atoms with van der Waals surface area (Å²) in [7, 11) is 3.58. The predicted molar refractivity (Wildman–Crippen MR) is 64.9 cm³/mol. The monoisotopic (exact) mass is 224 g/mol. The van der Waals surface area contributed by atoms with Crippen LogP contribution in [0.15, 0.2) is 12.3 Å². The van der Waals surface area contributed by atoms with Crippen LogP contribution < -0.4 is 16.4 Å². The molecule has 0 bridgehead atoms. The lowest BCUT2D eigenvalue weighted by Crippen LogP contribution is -2.54. The van der Waals surface area contributed by atoms with Gasteiger partial charge in [0.25, 0.3) is 0 Å². The zero-order valence-corrected chi connectivity index (χ0v) is 9.96. The molecule has 0 saturated carbocycles. The number of rotatable bonds is 4. The van der Waals surface area contributed by atoms with E-state index in [1.807, 2.05) is 19.2 Å². The SMILES string of the molecule is Cc1[nH]ccc1CNC(N)NC(=N)N(C)C. The molecule has 0 saturated heterocycles. The van der Waals surface area contributed by atoms with Gasteiger partial charge in [0.15, 0.2) is 5.96 Å². The second-order valence-corrected chi connectivity index (χ2v) is 3.87. The zero-order chi connectivity index (χ0) is 12.1. The van der Waals surface area contributed by atoms with E-state index in [2.05, 4.69) is 15.6 Å². The van der Waals surface area contributed by atoms with Gasteiger partial charge in [-0.2, -0.15) is 0 Å². The fraction of sp³-hybridized carbons (Fsp3) is 0.500. The van der Waals surface area contributed by atoms with E-state index in [4.69, 9.17) is 11.1 Å². The molecule has 1 aromatic heterocycles. The van der Waals surface area contributed by atoms with E-state index in [-0.39, 0.29) is 5.96 Å². The third-order valence-corrected chi connectivity index (χ3v) is 2.32. The van der Waals surface area contributed by atoms with Crippen molar-refractivity contribution in [3.05, 3.63) is 23.5 Å². The Kier molecular flexibility index (Phi) is 4.33. The molecule has 1 atom stereocenters. The molecule has 0 aliphatic heterocycles. The van der Waals surface area contributed by atoms with Gasteiger partial charge < -0.3 is 15.2 Å². The molecule has 6 N–H and O–H groups in total. The summed E-state index contributed by atoms with van der Waals surface area (Å²) in [5.74, 6) is 0.283. The number of hydrogen-bond acceptors (Lipinski definition) is 3. The number of aromatic amines is 1. The van der Waals surface area contributed by atoms with Crippen molar-refractivity contribution >= 4 is 5.96 Å². The Morgan fingerprint density at radius 2 is 2.31 bits per heavy atom. The molecule has 0 aromatic carbocycles. The van der Waals surface area contributed by atoms with Crippen molar-refractivity contribution in [2.75, 3.05) is 14.1 Å². The average molecular weight is 224 g/mol. The highest BCUT2D eigenvalue weighted by molar-refractivity contribution is 5.76. The first kappa shape index (κ1) is 12.5. The van der Waals surface area contributed by atoms with E-state index < -0.39 is 6.29 Å². The third-order valence-electron chi connectivity index (χ3n) is 2.32. The first-order valence-electron chi connectivity index (χ1n) is 5.15. The van der Waals surface area contributed by atoms with Crippen molar-refractivity contribution in [3.63, 3.8) is 0 Å². The van der Waals surface area contributed by atoms with Crippen molar-refractivity contribution in [1.29, 1.82) is 5.41 Å². The molecular weight excluding hydrogens is 204 g/mol. The van der Waals surface area contributed by atoms with Crippen LogP contribution in [0.3, 0.4) is 0 Å². The Hall–Kier alpha value is -1.53. The number of aryl methyl sites for hydroxylation is 1. The van der Waals surface area contributed by atoms with Gasteiger partial charge >= 0.3 is 0 Å². The number of hydrogen-bond donors (Lipinski definition) is 5. The summed E-state index contributed by atoms with van der Waals surface area (Å²) in [6, 6.07) is 2.01. The molecule has 0 aliphatic rings. The summed E-state index contributed by atoms with van der Waals surface area (Å²) in [5, 5.41) is 13.5. The van der Waals surface area contributed by atoms with Crippen LogP contribution in [0.25, 0.3) is 0 Å². The molecule has 16 heavy (non-hydrogen) atoms. The maximum absolute atomic E-state index is 7.56. The van der Waals surface area contributed by atoms with Crippen LogP contribution in [0.1, 0.15) is 11.3 Å². The predicted octanol–water partition coefficient (Wildman–Crippen LogP) is -0.259. The topological polar surface area (TPSA) is 93.0 Å². The lowest BCUT2D eigenvalue weighted by molar-refractivity contribution is 0.464. The number of nitrogens with zero attached hydrogens (tertiary/aromatic N) is 1. The van der Waals surface area contributed by atoms with E-state index in [1.165, 1.54) is 5.56 Å². The lowest BCUT2D eigenvalue weighted by atomic mass is 10.2. The van der Waals surface area contributed by atoms with Gasteiger partial charge in [-0.15, -0.1) is 0 Å². The molecule has 0 amide bonds. The van der Waals surface area contributed by atoms with Crippen molar-refractivity contribution in [2.45, 2.75) is 19.8 Å². The molecule has 90 valence electrons. The molecule has 0 fully saturated rings. The second-order valence-electron chi connectivity index (χ2n) is 3.87. The molecule has 6 nitrogen and oxygen atoms in total. The highest BCUT2D eigenvalue weighted by atomic mass is 15.3. The molecule has 1 heterocycles. The zero-order valence-electron chi connectivity index (χ0n) is 9.96. The summed E-state index contributed by atoms with van der Waals surface area (Å²) >= 11 is 0. The van der Waals surface area contributed by atoms with E-state index in [0.29, 0.717) is 6.54 Å². The Labute approximate surface area is 95.7 Å². The third kappa shape index (κ3) is 3.56. The van der Waals surface area contributed by atoms with E-state index in [9.17, 15) is 0 Å². The smallest absolute Gasteiger partial charge is 0.192 e. The van der Waals surface area contributed by atoms with Gasteiger partial charge in [0.1, 0.15) is 6.29 Å². The van der Waals surface area contributed by atoms with Crippen LogP contribution in [0.5, 0.6) is 0 Å². The molecule has 0 aliphatic carbocycles. The fourth-order valence-electron chi connectivity index (χ4n) is 1.22. The summed E-state index contributed by atoms with van der Waals surface area (Å²) in [6.45, 7) is 2.68. The van der Waals surface area contributed by atoms with Crippen LogP contribution in [-0.2, 0) is 6.54 Å². The fourth-order valence-corrected chi connectivity index (χ4v) is 1.22. The maximum Gasteiger partial charge on any atom is 0.192 e. The lowest BCUT2D eigenvalue weighted by Gasteiger charge is -2.21. The number of guanidine groups is 1. The minimum absolute atomic E-state index is 0.283. The van der Waals surface area contributed by atoms with E-state index >= 15 is 0 Å². The van der Waals surface area contributed by atoms with E-state index in [1.54, 1.807) is 19.0 Å². The first-order valence-corrected chi connectivity index (χ1v) is 5.15. The van der Waals surface area contributed by atoms with E-state index in [0.717, 1.165) is 5.69 Å². The average Bonchev–Trinajstić information content (AvgIpc) is 2.61. The summed E-state index contributed by atoms with van der Waals surface area (Å²) < 4.78 is 0. The quantitative estimate of drug-likeness (QED) is 0.277. The highest BCUT2D eigenvalue weighted by Gasteiger charge is 2.06. The molecule has 0 radical (unpaired) electrons. The standard InChI is InChI=1S/C10H20N6/c1-7-8(4-5-13-7)6-14-9(11)15-10(12)16(2)3/h4-5,9,13-14H,6,11H2,1-3H3,(H2,12,15). The van der Waals surface area contributed by atoms with Gasteiger partial charge in [0.2, 0.25) is 0 Å². The van der Waals surface area contributed by atoms with Gasteiger partial charge in [0.05, 0.1) is 0 Å². The van der Waals surface area contributed by atoms with Gasteiger partial charge in [-0.05, 0) is 18.6 Å². The summed E-state index contributed by atoms with van der Waals surface area (Å²) in [5.41, 5.74) is 8.08. The van der Waals surface area contributed by atoms with Gasteiger partial charge in [-0.3, -0.25) is 16.5 Å². The molecule has 1 rings (SSSR count). The Bertz CT molecular complexity index is 343. The van der Waals surface area contributed by atoms with Crippen LogP contribution >= 0.6 is 0 Å². The van der Waals surface area contributed by atoms with Crippen molar-refractivity contribution in [2.24, 2.45) is 5.73 Å². The first-order chi connectivity index (χ1) is 7.50. The second kappa shape index (κ2) is 5.53. The maximum atomic E-state index is 7.56. The molecular formula is C10H20N6. The molecule has 1 aromatic rings. The van der Waals surface area contributed by atoms with Gasteiger partial charge in [0, 0.05) is 32.5 Å². The summed E-state index contributed by atoms with van der Waals surface area (Å²) in [6.07, 6.45) is 1.47. The molecule has 6 heteroatoms. The van der Waals surface area contributed by atoms with Crippen LogP contribution in [0.2, 0.25) is 0 Å². The number of aromatic nitrogens is 1. The van der Waals surface area contributed by atoms with Crippen molar-refractivity contribution in [1.82, 2.24) is 20.5 Å². The largest absolute Gasteiger partial charge is 0.365 e. The highest BCUT2D eigenvalue weighted by Crippen LogP contribution is 2.03. The number of nitrogens with two attached hydrogens (primary N) is 1. The van der Waals surface area contributed by atoms with Crippen molar-refractivity contribution in [3.8, 4) is 0 Å². The molecule has 0 spiro atoms.